The molecule has 0 saturated heterocycles. The average molecular weight is 451 g/mol. The second-order valence-corrected chi connectivity index (χ2v) is 9.22. The number of hydrogen-bond acceptors (Lipinski definition) is 4. The Labute approximate surface area is 196 Å². The Morgan fingerprint density at radius 3 is 2.67 bits per heavy atom. The van der Waals surface area contributed by atoms with E-state index in [0.29, 0.717) is 42.0 Å². The van der Waals surface area contributed by atoms with Crippen molar-refractivity contribution in [3.63, 3.8) is 0 Å². The van der Waals surface area contributed by atoms with Crippen molar-refractivity contribution in [2.24, 2.45) is 11.8 Å². The van der Waals surface area contributed by atoms with E-state index >= 15 is 0 Å². The lowest BCUT2D eigenvalue weighted by molar-refractivity contribution is -0.127. The SMILES string of the molecule is CCOc1ccc(CN2C(=O)c3ccccc3[C@@H]2C(=O)N[C@@H]2CCC[C@H](C)[C@H]2C)cc1OC. The zero-order valence-corrected chi connectivity index (χ0v) is 20.0. The Morgan fingerprint density at radius 2 is 1.91 bits per heavy atom. The lowest BCUT2D eigenvalue weighted by atomic mass is 9.78. The summed E-state index contributed by atoms with van der Waals surface area (Å²) in [5.74, 6) is 2.05. The number of carbonyl (C=O) groups is 2. The Bertz CT molecular complexity index is 1020. The van der Waals surface area contributed by atoms with Gasteiger partial charge in [0, 0.05) is 18.2 Å². The molecule has 1 saturated carbocycles. The molecule has 0 unspecified atom stereocenters. The highest BCUT2D eigenvalue weighted by atomic mass is 16.5. The highest BCUT2D eigenvalue weighted by Gasteiger charge is 2.42. The first-order valence-corrected chi connectivity index (χ1v) is 11.9. The van der Waals surface area contributed by atoms with Crippen LogP contribution in [0.2, 0.25) is 0 Å². The van der Waals surface area contributed by atoms with E-state index in [9.17, 15) is 9.59 Å². The van der Waals surface area contributed by atoms with Gasteiger partial charge < -0.3 is 19.7 Å². The first-order valence-electron chi connectivity index (χ1n) is 11.9. The number of fused-ring (bicyclic) bond motifs is 1. The molecule has 1 aliphatic carbocycles. The molecule has 33 heavy (non-hydrogen) atoms. The van der Waals surface area contributed by atoms with E-state index < -0.39 is 6.04 Å². The van der Waals surface area contributed by atoms with E-state index in [1.165, 1.54) is 6.42 Å². The minimum atomic E-state index is -0.643. The van der Waals surface area contributed by atoms with Crippen LogP contribution in [0.4, 0.5) is 0 Å². The molecule has 4 rings (SSSR count). The van der Waals surface area contributed by atoms with Gasteiger partial charge in [0.2, 0.25) is 5.91 Å². The summed E-state index contributed by atoms with van der Waals surface area (Å²) in [6.45, 7) is 7.24. The van der Waals surface area contributed by atoms with Crippen molar-refractivity contribution in [3.8, 4) is 11.5 Å². The molecule has 0 spiro atoms. The van der Waals surface area contributed by atoms with Crippen LogP contribution in [0.25, 0.3) is 0 Å². The smallest absolute Gasteiger partial charge is 0.255 e. The van der Waals surface area contributed by atoms with Gasteiger partial charge >= 0.3 is 0 Å². The maximum absolute atomic E-state index is 13.6. The lowest BCUT2D eigenvalue weighted by Gasteiger charge is -2.36. The standard InChI is InChI=1S/C27H34N2O4/c1-5-33-23-14-13-19(15-24(23)32-4)16-29-25(20-10-6-7-11-21(20)27(29)31)26(30)28-22-12-8-9-17(2)18(22)3/h6-7,10-11,13-15,17-18,22,25H,5,8-9,12,16H2,1-4H3,(H,28,30)/t17-,18+,22+,25+/m0/s1. The van der Waals surface area contributed by atoms with Gasteiger partial charge in [-0.1, -0.05) is 51.0 Å². The van der Waals surface area contributed by atoms with Crippen molar-refractivity contribution in [1.29, 1.82) is 0 Å². The highest BCUT2D eigenvalue weighted by molar-refractivity contribution is 6.04. The number of amides is 2. The largest absolute Gasteiger partial charge is 0.493 e. The summed E-state index contributed by atoms with van der Waals surface area (Å²) in [7, 11) is 1.60. The van der Waals surface area contributed by atoms with Crippen LogP contribution in [0.5, 0.6) is 11.5 Å². The maximum atomic E-state index is 13.6. The molecule has 176 valence electrons. The van der Waals surface area contributed by atoms with Gasteiger partial charge in [-0.05, 0) is 54.5 Å². The summed E-state index contributed by atoms with van der Waals surface area (Å²) < 4.78 is 11.1. The lowest BCUT2D eigenvalue weighted by Crippen LogP contribution is -2.48. The molecule has 0 aromatic heterocycles. The predicted molar refractivity (Wildman–Crippen MR) is 127 cm³/mol. The summed E-state index contributed by atoms with van der Waals surface area (Å²) in [6, 6.07) is 12.6. The van der Waals surface area contributed by atoms with E-state index in [1.807, 2.05) is 49.4 Å². The summed E-state index contributed by atoms with van der Waals surface area (Å²) in [5, 5.41) is 3.29. The van der Waals surface area contributed by atoms with Crippen molar-refractivity contribution in [1.82, 2.24) is 10.2 Å². The molecule has 1 fully saturated rings. The number of carbonyl (C=O) groups excluding carboxylic acids is 2. The van der Waals surface area contributed by atoms with Crippen molar-refractivity contribution in [3.05, 3.63) is 59.2 Å². The predicted octanol–water partition coefficient (Wildman–Crippen LogP) is 4.73. The number of ether oxygens (including phenoxy) is 2. The van der Waals surface area contributed by atoms with Gasteiger partial charge in [0.25, 0.3) is 5.91 Å². The molecule has 2 aromatic rings. The van der Waals surface area contributed by atoms with Crippen LogP contribution in [0, 0.1) is 11.8 Å². The molecule has 6 nitrogen and oxygen atoms in total. The fourth-order valence-electron chi connectivity index (χ4n) is 5.15. The van der Waals surface area contributed by atoms with E-state index in [2.05, 4.69) is 19.2 Å². The van der Waals surface area contributed by atoms with Crippen LogP contribution in [0.15, 0.2) is 42.5 Å². The maximum Gasteiger partial charge on any atom is 0.255 e. The van der Waals surface area contributed by atoms with Gasteiger partial charge in [-0.25, -0.2) is 0 Å². The minimum absolute atomic E-state index is 0.0999. The normalized spacial score (nSPS) is 24.4. The Kier molecular flexibility index (Phi) is 6.91. The molecule has 6 heteroatoms. The molecule has 0 bridgehead atoms. The Hall–Kier alpha value is -3.02. The zero-order valence-electron chi connectivity index (χ0n) is 20.0. The van der Waals surface area contributed by atoms with Crippen LogP contribution >= 0.6 is 0 Å². The molecular weight excluding hydrogens is 416 g/mol. The minimum Gasteiger partial charge on any atom is -0.493 e. The van der Waals surface area contributed by atoms with Crippen LogP contribution < -0.4 is 14.8 Å². The number of benzene rings is 2. The molecule has 2 aromatic carbocycles. The topological polar surface area (TPSA) is 67.9 Å². The van der Waals surface area contributed by atoms with Crippen LogP contribution in [-0.2, 0) is 11.3 Å². The summed E-state index contributed by atoms with van der Waals surface area (Å²) >= 11 is 0. The van der Waals surface area contributed by atoms with Gasteiger partial charge in [-0.15, -0.1) is 0 Å². The van der Waals surface area contributed by atoms with E-state index in [1.54, 1.807) is 12.0 Å². The van der Waals surface area contributed by atoms with Crippen molar-refractivity contribution in [2.45, 2.75) is 58.7 Å². The number of nitrogens with one attached hydrogen (secondary N) is 1. The number of rotatable bonds is 7. The van der Waals surface area contributed by atoms with Crippen LogP contribution in [0.1, 0.15) is 67.6 Å². The second-order valence-electron chi connectivity index (χ2n) is 9.22. The van der Waals surface area contributed by atoms with Gasteiger partial charge in [0.05, 0.1) is 13.7 Å². The van der Waals surface area contributed by atoms with Crippen molar-refractivity contribution < 1.29 is 19.1 Å². The van der Waals surface area contributed by atoms with Gasteiger partial charge in [-0.2, -0.15) is 0 Å². The first-order chi connectivity index (χ1) is 15.9. The zero-order chi connectivity index (χ0) is 23.5. The number of nitrogens with zero attached hydrogens (tertiary/aromatic N) is 1. The molecule has 0 radical (unpaired) electrons. The fourth-order valence-corrected chi connectivity index (χ4v) is 5.15. The summed E-state index contributed by atoms with van der Waals surface area (Å²) in [6.07, 6.45) is 3.30. The van der Waals surface area contributed by atoms with E-state index in [-0.39, 0.29) is 17.9 Å². The monoisotopic (exact) mass is 450 g/mol. The molecule has 2 amide bonds. The van der Waals surface area contributed by atoms with E-state index in [0.717, 1.165) is 24.0 Å². The molecule has 1 heterocycles. The Balaban J connectivity index is 1.61. The highest BCUT2D eigenvalue weighted by Crippen LogP contribution is 2.37. The van der Waals surface area contributed by atoms with E-state index in [4.69, 9.17) is 9.47 Å². The number of hydrogen-bond donors (Lipinski definition) is 1. The second kappa shape index (κ2) is 9.86. The van der Waals surface area contributed by atoms with Gasteiger partial charge in [0.15, 0.2) is 11.5 Å². The summed E-state index contributed by atoms with van der Waals surface area (Å²) in [4.78, 5) is 28.6. The van der Waals surface area contributed by atoms with Gasteiger partial charge in [0.1, 0.15) is 6.04 Å². The van der Waals surface area contributed by atoms with Crippen molar-refractivity contribution >= 4 is 11.8 Å². The molecule has 4 atom stereocenters. The molecule has 1 aliphatic heterocycles. The summed E-state index contributed by atoms with van der Waals surface area (Å²) in [5.41, 5.74) is 2.25. The Morgan fingerprint density at radius 1 is 1.12 bits per heavy atom. The third-order valence-electron chi connectivity index (χ3n) is 7.22. The van der Waals surface area contributed by atoms with Crippen LogP contribution in [-0.4, -0.2) is 36.5 Å². The molecule has 1 N–H and O–H groups in total. The first kappa shape index (κ1) is 23.1. The molecule has 2 aliphatic rings. The average Bonchev–Trinajstić information content (AvgIpc) is 3.09. The molecular formula is C27H34N2O4. The third kappa shape index (κ3) is 4.56. The number of methoxy groups -OCH3 is 1. The van der Waals surface area contributed by atoms with Crippen LogP contribution in [0.3, 0.4) is 0 Å². The fraction of sp³-hybridized carbons (Fsp3) is 0.481. The van der Waals surface area contributed by atoms with Gasteiger partial charge in [-0.3, -0.25) is 9.59 Å². The van der Waals surface area contributed by atoms with Crippen molar-refractivity contribution in [2.75, 3.05) is 13.7 Å². The quantitative estimate of drug-likeness (QED) is 0.662. The third-order valence-corrected chi connectivity index (χ3v) is 7.22.